The van der Waals surface area contributed by atoms with Gasteiger partial charge in [0.2, 0.25) is 5.79 Å². The van der Waals surface area contributed by atoms with Gasteiger partial charge in [0, 0.05) is 12.5 Å². The largest absolute Gasteiger partial charge is 0.496 e. The maximum absolute atomic E-state index is 11.8. The summed E-state index contributed by atoms with van der Waals surface area (Å²) in [4.78, 5) is 23.4. The number of esters is 1. The summed E-state index contributed by atoms with van der Waals surface area (Å²) in [6.07, 6.45) is 5.01. The van der Waals surface area contributed by atoms with Gasteiger partial charge in [0.15, 0.2) is 11.7 Å². The number of ether oxygens (including phenoxy) is 4. The smallest absolute Gasteiger partial charge is 0.339 e. The van der Waals surface area contributed by atoms with Crippen molar-refractivity contribution in [3.63, 3.8) is 0 Å². The van der Waals surface area contributed by atoms with E-state index in [0.29, 0.717) is 17.1 Å². The molecule has 0 radical (unpaired) electrons. The fourth-order valence-electron chi connectivity index (χ4n) is 4.64. The van der Waals surface area contributed by atoms with Gasteiger partial charge in [0.05, 0.1) is 13.2 Å². The molecule has 2 fully saturated rings. The van der Waals surface area contributed by atoms with Crippen molar-refractivity contribution in [1.29, 1.82) is 0 Å². The minimum absolute atomic E-state index is 0.356. The molecular formula is C25H32O10. The van der Waals surface area contributed by atoms with Gasteiger partial charge in [-0.15, -0.1) is 0 Å². The number of rotatable bonds is 7. The van der Waals surface area contributed by atoms with Crippen molar-refractivity contribution in [3.05, 3.63) is 58.2 Å². The van der Waals surface area contributed by atoms with E-state index in [0.717, 1.165) is 0 Å². The Balaban J connectivity index is 1.84. The van der Waals surface area contributed by atoms with Crippen molar-refractivity contribution in [2.24, 2.45) is 0 Å². The molecule has 2 aliphatic rings. The number of carbonyl (C=O) groups excluding carboxylic acids is 1. The predicted molar refractivity (Wildman–Crippen MR) is 125 cm³/mol. The maximum Gasteiger partial charge on any atom is 0.339 e. The molecule has 2 aliphatic heterocycles. The molecule has 0 saturated carbocycles. The van der Waals surface area contributed by atoms with Crippen molar-refractivity contribution >= 4 is 12.0 Å². The van der Waals surface area contributed by atoms with Gasteiger partial charge in [-0.25, -0.2) is 4.79 Å². The van der Waals surface area contributed by atoms with Crippen LogP contribution in [0.1, 0.15) is 39.0 Å². The predicted octanol–water partition coefficient (Wildman–Crippen LogP) is 1.39. The van der Waals surface area contributed by atoms with Gasteiger partial charge in [0.25, 0.3) is 0 Å². The average Bonchev–Trinajstić information content (AvgIpc) is 2.88. The number of methoxy groups -OCH3 is 1. The maximum atomic E-state index is 11.8. The Morgan fingerprint density at radius 1 is 1.23 bits per heavy atom. The Morgan fingerprint density at radius 2 is 1.89 bits per heavy atom. The van der Waals surface area contributed by atoms with Crippen LogP contribution in [0.2, 0.25) is 0 Å². The van der Waals surface area contributed by atoms with Crippen LogP contribution in [0, 0.1) is 6.92 Å². The molecule has 0 amide bonds. The van der Waals surface area contributed by atoms with Crippen LogP contribution < -0.4 is 10.4 Å². The first-order valence-corrected chi connectivity index (χ1v) is 11.1. The Bertz CT molecular complexity index is 1100. The molecule has 2 saturated heterocycles. The second-order valence-corrected chi connectivity index (χ2v) is 9.03. The fourth-order valence-corrected chi connectivity index (χ4v) is 4.64. The molecule has 3 heterocycles. The number of aliphatic hydroxyl groups is 3. The summed E-state index contributed by atoms with van der Waals surface area (Å²) >= 11 is 0. The SMILES string of the molecule is COc1cc(=O)oc(/C=C/C=C/C=C/[C@@H]2O[C@]3(C)[C@@H](O)[C@@](C)(O[C@@]3(O)[C@@H](C)O)[C@H]2OC(C)=O)c1C. The molecular weight excluding hydrogens is 460 g/mol. The first kappa shape index (κ1) is 26.8. The van der Waals surface area contributed by atoms with Crippen molar-refractivity contribution in [3.8, 4) is 5.75 Å². The van der Waals surface area contributed by atoms with E-state index >= 15 is 0 Å². The number of hydrogen-bond donors (Lipinski definition) is 3. The highest BCUT2D eigenvalue weighted by atomic mass is 16.7. The van der Waals surface area contributed by atoms with E-state index < -0.39 is 53.0 Å². The summed E-state index contributed by atoms with van der Waals surface area (Å²) in [6.45, 7) is 7.22. The van der Waals surface area contributed by atoms with Crippen molar-refractivity contribution in [2.75, 3.05) is 7.11 Å². The van der Waals surface area contributed by atoms with Gasteiger partial charge < -0.3 is 38.7 Å². The van der Waals surface area contributed by atoms with Crippen LogP contribution >= 0.6 is 0 Å². The summed E-state index contributed by atoms with van der Waals surface area (Å²) in [6, 6.07) is 1.27. The lowest BCUT2D eigenvalue weighted by Gasteiger charge is -2.47. The quantitative estimate of drug-likeness (QED) is 0.377. The number of carbonyl (C=O) groups is 1. The third kappa shape index (κ3) is 4.60. The van der Waals surface area contributed by atoms with Crippen LogP contribution in [-0.2, 0) is 19.0 Å². The molecule has 10 nitrogen and oxygen atoms in total. The van der Waals surface area contributed by atoms with Gasteiger partial charge in [-0.05, 0) is 33.8 Å². The van der Waals surface area contributed by atoms with Crippen LogP contribution in [0.15, 0.2) is 45.7 Å². The monoisotopic (exact) mass is 492 g/mol. The van der Waals surface area contributed by atoms with Crippen molar-refractivity contribution < 1.29 is 43.5 Å². The molecule has 192 valence electrons. The lowest BCUT2D eigenvalue weighted by atomic mass is 9.76. The number of aliphatic hydroxyl groups excluding tert-OH is 2. The molecule has 2 bridgehead atoms. The highest BCUT2D eigenvalue weighted by molar-refractivity contribution is 5.66. The Kier molecular flexibility index (Phi) is 7.45. The minimum atomic E-state index is -2.24. The van der Waals surface area contributed by atoms with Gasteiger partial charge in [-0.2, -0.15) is 0 Å². The normalized spacial score (nSPS) is 35.7. The Hall–Kier alpha value is -2.76. The number of hydrogen-bond acceptors (Lipinski definition) is 10. The van der Waals surface area contributed by atoms with Gasteiger partial charge in [-0.1, -0.05) is 30.4 Å². The second-order valence-electron chi connectivity index (χ2n) is 9.03. The van der Waals surface area contributed by atoms with E-state index in [2.05, 4.69) is 0 Å². The summed E-state index contributed by atoms with van der Waals surface area (Å²) in [5, 5.41) is 32.2. The number of allylic oxidation sites excluding steroid dienone is 4. The standard InChI is InChI=1S/C25H32O10/c1-14-17(33-20(28)13-19(14)31-6)11-9-7-8-10-12-18-21(32-16(3)27)23(4)22(29)24(5,34-18)25(30,35-23)15(2)26/h7-13,15,18,21-22,26,29-30H,1-6H3/b8-7+,11-9+,12-10+/t15-,18+,21+,22+,23+,24-,25+/m1/s1. The molecule has 0 aromatic carbocycles. The number of fused-ring (bicyclic) bond motifs is 2. The molecule has 7 atom stereocenters. The zero-order chi connectivity index (χ0) is 26.2. The van der Waals surface area contributed by atoms with E-state index in [1.54, 1.807) is 43.4 Å². The first-order chi connectivity index (χ1) is 16.3. The molecule has 10 heteroatoms. The van der Waals surface area contributed by atoms with Crippen LogP contribution in [0.4, 0.5) is 0 Å². The second kappa shape index (κ2) is 9.71. The third-order valence-electron chi connectivity index (χ3n) is 6.56. The summed E-state index contributed by atoms with van der Waals surface area (Å²) in [5.41, 5.74) is -3.11. The lowest BCUT2D eigenvalue weighted by molar-refractivity contribution is -0.309. The van der Waals surface area contributed by atoms with Gasteiger partial charge in [-0.3, -0.25) is 4.79 Å². The van der Waals surface area contributed by atoms with Gasteiger partial charge >= 0.3 is 11.6 Å². The van der Waals surface area contributed by atoms with E-state index in [1.165, 1.54) is 40.9 Å². The molecule has 35 heavy (non-hydrogen) atoms. The molecule has 1 aromatic rings. The van der Waals surface area contributed by atoms with Crippen LogP contribution in [0.25, 0.3) is 6.08 Å². The minimum Gasteiger partial charge on any atom is -0.496 e. The van der Waals surface area contributed by atoms with Gasteiger partial charge in [0.1, 0.15) is 35.4 Å². The van der Waals surface area contributed by atoms with Crippen LogP contribution in [0.3, 0.4) is 0 Å². The third-order valence-corrected chi connectivity index (χ3v) is 6.56. The van der Waals surface area contributed by atoms with Crippen molar-refractivity contribution in [2.45, 2.75) is 76.0 Å². The van der Waals surface area contributed by atoms with E-state index in [4.69, 9.17) is 23.4 Å². The summed E-state index contributed by atoms with van der Waals surface area (Å²) < 4.78 is 27.5. The Morgan fingerprint density at radius 3 is 2.49 bits per heavy atom. The first-order valence-electron chi connectivity index (χ1n) is 11.1. The highest BCUT2D eigenvalue weighted by Crippen LogP contribution is 2.55. The zero-order valence-electron chi connectivity index (χ0n) is 20.6. The average molecular weight is 493 g/mol. The molecule has 3 N–H and O–H groups in total. The molecule has 3 rings (SSSR count). The molecule has 0 spiro atoms. The summed E-state index contributed by atoms with van der Waals surface area (Å²) in [7, 11) is 1.47. The fraction of sp³-hybridized carbons (Fsp3) is 0.520. The zero-order valence-corrected chi connectivity index (χ0v) is 20.6. The molecule has 0 unspecified atom stereocenters. The van der Waals surface area contributed by atoms with E-state index in [9.17, 15) is 24.9 Å². The topological polar surface area (TPSA) is 145 Å². The van der Waals surface area contributed by atoms with Crippen LogP contribution in [0.5, 0.6) is 5.75 Å². The Labute approximate surface area is 203 Å². The van der Waals surface area contributed by atoms with E-state index in [1.807, 2.05) is 0 Å². The summed E-state index contributed by atoms with van der Waals surface area (Å²) in [5.74, 6) is -2.08. The lowest BCUT2D eigenvalue weighted by Crippen LogP contribution is -2.68. The van der Waals surface area contributed by atoms with E-state index in [-0.39, 0.29) is 0 Å². The van der Waals surface area contributed by atoms with Crippen molar-refractivity contribution in [1.82, 2.24) is 0 Å². The molecule has 0 aliphatic carbocycles. The van der Waals surface area contributed by atoms with Crippen LogP contribution in [-0.4, -0.2) is 69.8 Å². The highest BCUT2D eigenvalue weighted by Gasteiger charge is 2.77. The molecule has 1 aromatic heterocycles.